The molecule has 0 radical (unpaired) electrons. The highest BCUT2D eigenvalue weighted by atomic mass is 32.2. The van der Waals surface area contributed by atoms with Crippen molar-refractivity contribution >= 4 is 76.8 Å². The Labute approximate surface area is 411 Å². The Morgan fingerprint density at radius 3 is 1.97 bits per heavy atom. The Morgan fingerprint density at radius 1 is 0.797 bits per heavy atom. The van der Waals surface area contributed by atoms with Crippen LogP contribution in [0.2, 0.25) is 0 Å². The van der Waals surface area contributed by atoms with Crippen LogP contribution in [0.1, 0.15) is 63.9 Å². The van der Waals surface area contributed by atoms with Gasteiger partial charge >= 0.3 is 18.2 Å². The van der Waals surface area contributed by atoms with Gasteiger partial charge in [-0.25, -0.2) is 29.3 Å². The van der Waals surface area contributed by atoms with Gasteiger partial charge in [-0.15, -0.1) is 11.8 Å². The largest absolute Gasteiger partial charge is 0.477 e. The molecule has 0 aliphatic carbocycles. The van der Waals surface area contributed by atoms with E-state index in [0.29, 0.717) is 44.1 Å². The molecule has 7 rings (SSSR count). The Bertz CT molecular complexity index is 2660. The first-order valence-electron chi connectivity index (χ1n) is 21.6. The highest BCUT2D eigenvalue weighted by Gasteiger charge is 2.55. The van der Waals surface area contributed by atoms with Crippen LogP contribution in [-0.2, 0) is 34.3 Å². The van der Waals surface area contributed by atoms with E-state index >= 15 is 0 Å². The van der Waals surface area contributed by atoms with E-state index in [4.69, 9.17) is 14.3 Å². The number of β-lactam (4-membered cyclic amide) rings is 1. The number of pyridine rings is 1. The highest BCUT2D eigenvalue weighted by Crippen LogP contribution is 2.45. The molecule has 0 saturated carbocycles. The van der Waals surface area contributed by atoms with E-state index in [-0.39, 0.29) is 28.7 Å². The third kappa shape index (κ3) is 12.4. The van der Waals surface area contributed by atoms with Crippen LogP contribution in [-0.4, -0.2) is 101 Å². The molecule has 0 bridgehead atoms. The standard InChI is InChI=1S/C49H50N8O9S3/c1-47(2,3)64-45(62)51-27-28-67-44-50-26-25-36(54-44)69-34-29-68-42-38(41(59)57(42)39(34)43(60)61)55-40(58)37(33-23-16-24-35(52-33)53-46(63)65-48(4,5)6)56-66-49(30-17-10-7-11-18-30,31-19-12-8-13-20-31)32-21-14-9-15-22-32/h7-26,38,42H,27-29H2,1-6H3,(H,51,62)(H,55,58)(H,60,61)(H,52,53,63)/b56-37-/t38-,42+/m1/s1. The molecular weight excluding hydrogens is 941 g/mol. The van der Waals surface area contributed by atoms with Crippen LogP contribution in [0.5, 0.6) is 0 Å². The maximum atomic E-state index is 14.7. The number of aromatic nitrogens is 3. The van der Waals surface area contributed by atoms with Crippen LogP contribution in [0.15, 0.2) is 147 Å². The molecule has 0 unspecified atom stereocenters. The van der Waals surface area contributed by atoms with Gasteiger partial charge in [-0.1, -0.05) is 126 Å². The number of ether oxygens (including phenoxy) is 2. The van der Waals surface area contributed by atoms with E-state index in [1.165, 1.54) is 35.7 Å². The van der Waals surface area contributed by atoms with E-state index in [0.717, 1.165) is 16.7 Å². The number of nitrogens with one attached hydrogen (secondary N) is 3. The number of carbonyl (C=O) groups is 5. The molecule has 5 aromatic rings. The second-order valence-electron chi connectivity index (χ2n) is 17.3. The summed E-state index contributed by atoms with van der Waals surface area (Å²) in [6.45, 7) is 10.8. The molecule has 4 N–H and O–H groups in total. The number of hydrogen-bond acceptors (Lipinski definition) is 15. The number of nitrogens with zero attached hydrogens (tertiary/aromatic N) is 5. The highest BCUT2D eigenvalue weighted by molar-refractivity contribution is 8.06. The van der Waals surface area contributed by atoms with E-state index in [2.05, 4.69) is 36.1 Å². The van der Waals surface area contributed by atoms with Crippen molar-refractivity contribution in [2.45, 2.75) is 79.9 Å². The van der Waals surface area contributed by atoms with Crippen LogP contribution in [0.25, 0.3) is 0 Å². The first-order valence-corrected chi connectivity index (χ1v) is 24.5. The van der Waals surface area contributed by atoms with Crippen molar-refractivity contribution in [2.24, 2.45) is 5.16 Å². The maximum Gasteiger partial charge on any atom is 0.413 e. The topological polar surface area (TPSA) is 224 Å². The van der Waals surface area contributed by atoms with Crippen LogP contribution in [0, 0.1) is 0 Å². The molecule has 2 aromatic heterocycles. The average Bonchev–Trinajstić information content (AvgIpc) is 3.30. The van der Waals surface area contributed by atoms with Gasteiger partial charge in [0.1, 0.15) is 44.9 Å². The second-order valence-corrected chi connectivity index (χ2v) is 20.6. The molecule has 17 nitrogen and oxygen atoms in total. The van der Waals surface area contributed by atoms with Gasteiger partial charge in [-0.2, -0.15) is 0 Å². The summed E-state index contributed by atoms with van der Waals surface area (Å²) in [6.07, 6.45) is 0.230. The first kappa shape index (κ1) is 50.0. The molecule has 69 heavy (non-hydrogen) atoms. The fourth-order valence-corrected chi connectivity index (χ4v) is 10.3. The van der Waals surface area contributed by atoms with Crippen molar-refractivity contribution in [2.75, 3.05) is 23.4 Å². The van der Waals surface area contributed by atoms with Gasteiger partial charge in [0.2, 0.25) is 5.60 Å². The lowest BCUT2D eigenvalue weighted by molar-refractivity contribution is -0.150. The lowest BCUT2D eigenvalue weighted by Crippen LogP contribution is -2.71. The third-order valence-corrected chi connectivity index (χ3v) is 13.3. The van der Waals surface area contributed by atoms with Gasteiger partial charge in [-0.05, 0) is 59.7 Å². The van der Waals surface area contributed by atoms with Gasteiger partial charge in [0.25, 0.3) is 11.8 Å². The summed E-state index contributed by atoms with van der Waals surface area (Å²) < 4.78 is 10.7. The predicted octanol–water partition coefficient (Wildman–Crippen LogP) is 8.04. The van der Waals surface area contributed by atoms with E-state index < -0.39 is 58.2 Å². The van der Waals surface area contributed by atoms with Crippen molar-refractivity contribution in [3.8, 4) is 0 Å². The number of oxime groups is 1. The molecule has 2 aliphatic rings. The zero-order chi connectivity index (χ0) is 49.3. The average molecular weight is 991 g/mol. The zero-order valence-corrected chi connectivity index (χ0v) is 40.9. The summed E-state index contributed by atoms with van der Waals surface area (Å²) in [5.41, 5.74) is -1.38. The normalized spacial score (nSPS) is 16.1. The molecule has 0 spiro atoms. The summed E-state index contributed by atoms with van der Waals surface area (Å²) in [6, 6.07) is 33.2. The Hall–Kier alpha value is -6.90. The number of alkyl carbamates (subject to hydrolysis) is 1. The van der Waals surface area contributed by atoms with E-state index in [1.807, 2.05) is 91.0 Å². The summed E-state index contributed by atoms with van der Waals surface area (Å²) in [4.78, 5) is 88.2. The van der Waals surface area contributed by atoms with Crippen molar-refractivity contribution in [3.05, 3.63) is 154 Å². The number of benzene rings is 3. The molecule has 2 aliphatic heterocycles. The van der Waals surface area contributed by atoms with Crippen LogP contribution in [0.3, 0.4) is 0 Å². The lowest BCUT2D eigenvalue weighted by atomic mass is 9.80. The van der Waals surface area contributed by atoms with Crippen LogP contribution >= 0.6 is 35.3 Å². The monoisotopic (exact) mass is 990 g/mol. The fraction of sp³-hybridized carbons (Fsp3) is 0.286. The van der Waals surface area contributed by atoms with Gasteiger partial charge in [0.15, 0.2) is 10.9 Å². The number of fused-ring (bicyclic) bond motifs is 1. The van der Waals surface area contributed by atoms with Crippen molar-refractivity contribution in [1.29, 1.82) is 0 Å². The Balaban J connectivity index is 1.16. The van der Waals surface area contributed by atoms with Gasteiger partial charge in [-0.3, -0.25) is 19.8 Å². The first-order chi connectivity index (χ1) is 32.9. The smallest absolute Gasteiger partial charge is 0.413 e. The number of anilines is 1. The number of rotatable bonds is 16. The number of aliphatic carboxylic acids is 1. The SMILES string of the molecule is CC(C)(C)OC(=O)NCCSc1nccc(SC2=C(C(=O)O)N3C(=O)[C@@H](NC(=O)/C(=N\OC(c4ccccc4)(c4ccccc4)c4ccccc4)c4cccc(NC(=O)OC(C)(C)C)n4)[C@@H]3SC2)n1. The molecule has 4 amide bonds. The maximum absolute atomic E-state index is 14.7. The van der Waals surface area contributed by atoms with Crippen LogP contribution in [0.4, 0.5) is 15.4 Å². The number of hydrogen-bond donors (Lipinski definition) is 4. The van der Waals surface area contributed by atoms with E-state index in [9.17, 15) is 29.1 Å². The second kappa shape index (κ2) is 21.6. The summed E-state index contributed by atoms with van der Waals surface area (Å²) in [5, 5.41) is 23.2. The number of carbonyl (C=O) groups excluding carboxylic acids is 4. The summed E-state index contributed by atoms with van der Waals surface area (Å²) >= 11 is 3.66. The van der Waals surface area contributed by atoms with Gasteiger partial charge < -0.3 is 30.1 Å². The minimum absolute atomic E-state index is 0.0180. The van der Waals surface area contributed by atoms with Crippen molar-refractivity contribution < 1.29 is 43.4 Å². The number of amides is 4. The van der Waals surface area contributed by atoms with Crippen LogP contribution < -0.4 is 16.0 Å². The molecule has 358 valence electrons. The third-order valence-electron chi connectivity index (χ3n) is 9.91. The minimum Gasteiger partial charge on any atom is -0.477 e. The van der Waals surface area contributed by atoms with Gasteiger partial charge in [0.05, 0.1) is 0 Å². The zero-order valence-electron chi connectivity index (χ0n) is 38.5. The Morgan fingerprint density at radius 2 is 1.39 bits per heavy atom. The molecule has 1 saturated heterocycles. The minimum atomic E-state index is -1.42. The molecule has 20 heteroatoms. The molecular formula is C49H50N8O9S3. The van der Waals surface area contributed by atoms with E-state index in [1.54, 1.807) is 59.9 Å². The molecule has 1 fully saturated rings. The quantitative estimate of drug-likeness (QED) is 0.0107. The molecule has 3 aromatic carbocycles. The van der Waals surface area contributed by atoms with Crippen molar-refractivity contribution in [3.63, 3.8) is 0 Å². The predicted molar refractivity (Wildman–Crippen MR) is 263 cm³/mol. The molecule has 2 atom stereocenters. The lowest BCUT2D eigenvalue weighted by Gasteiger charge is -2.49. The summed E-state index contributed by atoms with van der Waals surface area (Å²) in [5.74, 6) is -2.18. The summed E-state index contributed by atoms with van der Waals surface area (Å²) in [7, 11) is 0. The fourth-order valence-electron chi connectivity index (χ4n) is 7.11. The molecule has 4 heterocycles. The number of thioether (sulfide) groups is 3. The van der Waals surface area contributed by atoms with Crippen molar-refractivity contribution in [1.82, 2.24) is 30.5 Å². The van der Waals surface area contributed by atoms with Gasteiger partial charge in [0, 0.05) is 45.8 Å². The number of carboxylic acids is 1. The Kier molecular flexibility index (Phi) is 15.6. The number of carboxylic acid groups (broad SMARTS) is 1.